The molecule has 6 nitrogen and oxygen atoms in total. The summed E-state index contributed by atoms with van der Waals surface area (Å²) in [6.07, 6.45) is -1.79. The molecule has 1 aliphatic carbocycles. The van der Waals surface area contributed by atoms with Gasteiger partial charge in [0.05, 0.1) is 24.1 Å². The quantitative estimate of drug-likeness (QED) is 0.649. The number of aliphatic hydroxyl groups is 2. The summed E-state index contributed by atoms with van der Waals surface area (Å²) in [5.41, 5.74) is 3.04. The van der Waals surface area contributed by atoms with Gasteiger partial charge >= 0.3 is 0 Å². The van der Waals surface area contributed by atoms with E-state index in [-0.39, 0.29) is 18.4 Å². The van der Waals surface area contributed by atoms with Gasteiger partial charge in [0.25, 0.3) is 0 Å². The molecule has 0 radical (unpaired) electrons. The van der Waals surface area contributed by atoms with Gasteiger partial charge in [-0.25, -0.2) is 0 Å². The second-order valence-electron chi connectivity index (χ2n) is 8.25. The minimum atomic E-state index is -0.994. The molecule has 2 aromatic carbocycles. The van der Waals surface area contributed by atoms with Crippen molar-refractivity contribution in [2.24, 2.45) is 5.92 Å². The third kappa shape index (κ3) is 3.80. The molecule has 1 amide bonds. The lowest BCUT2D eigenvalue weighted by Crippen LogP contribution is -2.61. The van der Waals surface area contributed by atoms with Crippen molar-refractivity contribution in [3.05, 3.63) is 65.7 Å². The Morgan fingerprint density at radius 3 is 2.50 bits per heavy atom. The van der Waals surface area contributed by atoms with Gasteiger partial charge < -0.3 is 25.3 Å². The maximum absolute atomic E-state index is 13.5. The fourth-order valence-electron chi connectivity index (χ4n) is 4.55. The highest BCUT2D eigenvalue weighted by Gasteiger charge is 2.54. The molecule has 0 aromatic heterocycles. The summed E-state index contributed by atoms with van der Waals surface area (Å²) in [4.78, 5) is 17.1. The van der Waals surface area contributed by atoms with E-state index in [1.165, 1.54) is 0 Å². The lowest BCUT2D eigenvalue weighted by Gasteiger charge is -2.42. The van der Waals surface area contributed by atoms with E-state index in [0.717, 1.165) is 16.8 Å². The summed E-state index contributed by atoms with van der Waals surface area (Å²) >= 11 is 5.57. The van der Waals surface area contributed by atoms with Gasteiger partial charge in [-0.15, -0.1) is 0 Å². The van der Waals surface area contributed by atoms with Crippen molar-refractivity contribution >= 4 is 28.9 Å². The zero-order valence-corrected chi connectivity index (χ0v) is 17.9. The van der Waals surface area contributed by atoms with Crippen LogP contribution in [0.4, 0.5) is 5.69 Å². The first-order valence-electron chi connectivity index (χ1n) is 10.2. The van der Waals surface area contributed by atoms with Crippen LogP contribution >= 0.6 is 12.2 Å². The Hall–Kier alpha value is -2.48. The second-order valence-corrected chi connectivity index (χ2v) is 8.64. The van der Waals surface area contributed by atoms with Gasteiger partial charge in [0.15, 0.2) is 5.11 Å². The molecule has 0 bridgehead atoms. The number of fused-ring (bicyclic) bond motifs is 1. The third-order valence-corrected chi connectivity index (χ3v) is 6.43. The van der Waals surface area contributed by atoms with E-state index < -0.39 is 24.2 Å². The van der Waals surface area contributed by atoms with Gasteiger partial charge in [0.2, 0.25) is 5.91 Å². The molecule has 2 fully saturated rings. The maximum atomic E-state index is 13.5. The van der Waals surface area contributed by atoms with Crippen LogP contribution in [-0.2, 0) is 11.3 Å². The van der Waals surface area contributed by atoms with E-state index in [9.17, 15) is 15.0 Å². The number of nitrogens with zero attached hydrogens (tertiary/aromatic N) is 2. The fourth-order valence-corrected chi connectivity index (χ4v) is 4.91. The molecule has 3 N–H and O–H groups in total. The smallest absolute Gasteiger partial charge is 0.228 e. The number of hydrogen-bond acceptors (Lipinski definition) is 4. The van der Waals surface area contributed by atoms with Gasteiger partial charge in [0.1, 0.15) is 6.10 Å². The molecular formula is C23H27N3O3S. The van der Waals surface area contributed by atoms with Crippen molar-refractivity contribution in [3.63, 3.8) is 0 Å². The van der Waals surface area contributed by atoms with E-state index in [4.69, 9.17) is 12.2 Å². The van der Waals surface area contributed by atoms with Crippen molar-refractivity contribution in [2.45, 2.75) is 44.2 Å². The second kappa shape index (κ2) is 8.34. The molecule has 1 saturated heterocycles. The number of nitrogens with one attached hydrogen (secondary N) is 1. The zero-order chi connectivity index (χ0) is 21.4. The van der Waals surface area contributed by atoms with Gasteiger partial charge in [-0.2, -0.15) is 0 Å². The van der Waals surface area contributed by atoms with Crippen LogP contribution in [0, 0.1) is 12.8 Å². The van der Waals surface area contributed by atoms with Gasteiger partial charge in [-0.3, -0.25) is 4.79 Å². The number of aliphatic hydroxyl groups excluding tert-OH is 2. The Kier molecular flexibility index (Phi) is 5.77. The molecule has 5 atom stereocenters. The summed E-state index contributed by atoms with van der Waals surface area (Å²) in [7, 11) is 1.78. The molecule has 7 heteroatoms. The molecule has 0 spiro atoms. The Morgan fingerprint density at radius 1 is 1.17 bits per heavy atom. The predicted octanol–water partition coefficient (Wildman–Crippen LogP) is 1.83. The molecule has 2 aromatic rings. The van der Waals surface area contributed by atoms with Crippen LogP contribution in [0.2, 0.25) is 0 Å². The largest absolute Gasteiger partial charge is 0.390 e. The summed E-state index contributed by atoms with van der Waals surface area (Å²) in [6, 6.07) is 16.9. The van der Waals surface area contributed by atoms with Gasteiger partial charge in [-0.1, -0.05) is 48.0 Å². The Labute approximate surface area is 182 Å². The van der Waals surface area contributed by atoms with Gasteiger partial charge in [0, 0.05) is 19.3 Å². The Balaban J connectivity index is 1.64. The first kappa shape index (κ1) is 20.8. The average molecular weight is 426 g/mol. The van der Waals surface area contributed by atoms with Crippen LogP contribution in [-0.4, -0.2) is 57.5 Å². The summed E-state index contributed by atoms with van der Waals surface area (Å²) in [5.74, 6) is -0.570. The molecule has 0 unspecified atom stereocenters. The minimum Gasteiger partial charge on any atom is -0.390 e. The van der Waals surface area contributed by atoms with E-state index in [2.05, 4.69) is 5.32 Å². The molecule has 158 valence electrons. The standard InChI is InChI=1S/C23H27N3O3S/c1-14-8-10-16(11-9-14)26-20-17(12-18(27)21(28)19(20)24-23(26)30)22(29)25(2)13-15-6-4-3-5-7-15/h3-11,17-21,27-28H,12-13H2,1-2H3,(H,24,30)/t17-,18-,19-,20-,21+/m1/s1. The monoisotopic (exact) mass is 425 g/mol. The molecular weight excluding hydrogens is 398 g/mol. The normalized spacial score (nSPS) is 28.1. The Morgan fingerprint density at radius 2 is 1.83 bits per heavy atom. The van der Waals surface area contributed by atoms with Crippen molar-refractivity contribution in [2.75, 3.05) is 11.9 Å². The number of carbonyl (C=O) groups excluding carboxylic acids is 1. The SMILES string of the molecule is Cc1ccc(N2C(=S)N[C@H]3[C@@H](O)[C@H](O)C[C@@H](C(=O)N(C)Cc4ccccc4)[C@H]32)cc1. The number of hydrogen-bond donors (Lipinski definition) is 3. The van der Waals surface area contributed by atoms with Crippen molar-refractivity contribution in [1.29, 1.82) is 0 Å². The predicted molar refractivity (Wildman–Crippen MR) is 120 cm³/mol. The average Bonchev–Trinajstić information content (AvgIpc) is 3.09. The van der Waals surface area contributed by atoms with Crippen LogP contribution in [0.1, 0.15) is 17.5 Å². The number of amides is 1. The maximum Gasteiger partial charge on any atom is 0.228 e. The summed E-state index contributed by atoms with van der Waals surface area (Å²) in [5, 5.41) is 24.7. The number of rotatable bonds is 4. The molecule has 4 rings (SSSR count). The van der Waals surface area contributed by atoms with E-state index in [0.29, 0.717) is 11.7 Å². The molecule has 2 aliphatic rings. The number of thiocarbonyl (C=S) groups is 1. The summed E-state index contributed by atoms with van der Waals surface area (Å²) < 4.78 is 0. The fraction of sp³-hybridized carbons (Fsp3) is 0.391. The highest BCUT2D eigenvalue weighted by molar-refractivity contribution is 7.80. The van der Waals surface area contributed by atoms with Crippen molar-refractivity contribution < 1.29 is 15.0 Å². The van der Waals surface area contributed by atoms with Crippen molar-refractivity contribution in [1.82, 2.24) is 10.2 Å². The van der Waals surface area contributed by atoms with E-state index in [1.54, 1.807) is 11.9 Å². The first-order chi connectivity index (χ1) is 14.4. The van der Waals surface area contributed by atoms with E-state index in [1.807, 2.05) is 66.4 Å². The van der Waals surface area contributed by atoms with Crippen LogP contribution < -0.4 is 10.2 Å². The highest BCUT2D eigenvalue weighted by Crippen LogP contribution is 2.37. The number of carbonyl (C=O) groups is 1. The lowest BCUT2D eigenvalue weighted by atomic mass is 9.77. The molecule has 1 aliphatic heterocycles. The number of benzene rings is 2. The number of aryl methyl sites for hydroxylation is 1. The minimum absolute atomic E-state index is 0.0663. The van der Waals surface area contributed by atoms with Crippen LogP contribution in [0.5, 0.6) is 0 Å². The van der Waals surface area contributed by atoms with Crippen LogP contribution in [0.25, 0.3) is 0 Å². The highest BCUT2D eigenvalue weighted by atomic mass is 32.1. The number of anilines is 1. The van der Waals surface area contributed by atoms with Crippen LogP contribution in [0.15, 0.2) is 54.6 Å². The molecule has 1 saturated carbocycles. The van der Waals surface area contributed by atoms with Crippen LogP contribution in [0.3, 0.4) is 0 Å². The summed E-state index contributed by atoms with van der Waals surface area (Å²) in [6.45, 7) is 2.49. The third-order valence-electron chi connectivity index (χ3n) is 6.11. The van der Waals surface area contributed by atoms with E-state index >= 15 is 0 Å². The first-order valence-corrected chi connectivity index (χ1v) is 10.6. The van der Waals surface area contributed by atoms with Crippen molar-refractivity contribution in [3.8, 4) is 0 Å². The Bertz CT molecular complexity index is 921. The molecule has 30 heavy (non-hydrogen) atoms. The van der Waals surface area contributed by atoms with Gasteiger partial charge in [-0.05, 0) is 43.3 Å². The lowest BCUT2D eigenvalue weighted by molar-refractivity contribution is -0.141. The molecule has 1 heterocycles. The zero-order valence-electron chi connectivity index (χ0n) is 17.1. The topological polar surface area (TPSA) is 76.0 Å².